The second-order valence-corrected chi connectivity index (χ2v) is 9.64. The lowest BCUT2D eigenvalue weighted by atomic mass is 9.71. The van der Waals surface area contributed by atoms with Crippen LogP contribution in [0.5, 0.6) is 17.2 Å². The third-order valence-corrected chi connectivity index (χ3v) is 6.79. The van der Waals surface area contributed by atoms with Crippen LogP contribution in [0.15, 0.2) is 71.5 Å². The number of rotatable bonds is 3. The first-order valence-electron chi connectivity index (χ1n) is 11.6. The summed E-state index contributed by atoms with van der Waals surface area (Å²) in [6.07, 6.45) is 9.82. The minimum atomic E-state index is -0.0864. The van der Waals surface area contributed by atoms with Crippen LogP contribution in [0.1, 0.15) is 44.4 Å². The zero-order valence-electron chi connectivity index (χ0n) is 19.9. The standard InChI is InChI=1S/C29H31NO3/c1-6-18-7-9-19(10-8-18)15-24-26-20(27-23(33-24)14-13-22(31)28(27)32-5)11-12-21-25(26)17(2)16-29(3,4)30-21/h7-16,21,25,30-31H,6H2,1-5H3/b24-15-. The lowest BCUT2D eigenvalue weighted by Gasteiger charge is -2.44. The van der Waals surface area contributed by atoms with Crippen LogP contribution in [0.25, 0.3) is 11.6 Å². The summed E-state index contributed by atoms with van der Waals surface area (Å²) in [5.41, 5.74) is 6.59. The zero-order valence-corrected chi connectivity index (χ0v) is 19.9. The van der Waals surface area contributed by atoms with Crippen LogP contribution in [-0.4, -0.2) is 23.8 Å². The first-order chi connectivity index (χ1) is 15.8. The summed E-state index contributed by atoms with van der Waals surface area (Å²) in [4.78, 5) is 0. The van der Waals surface area contributed by atoms with Gasteiger partial charge in [-0.05, 0) is 62.1 Å². The second kappa shape index (κ2) is 7.96. The Kier molecular flexibility index (Phi) is 5.21. The smallest absolute Gasteiger partial charge is 0.172 e. The topological polar surface area (TPSA) is 50.7 Å². The Morgan fingerprint density at radius 1 is 1.15 bits per heavy atom. The van der Waals surface area contributed by atoms with Gasteiger partial charge in [-0.15, -0.1) is 0 Å². The van der Waals surface area contributed by atoms with Crippen molar-refractivity contribution < 1.29 is 14.6 Å². The number of phenolic OH excluding ortho intramolecular Hbond substituents is 1. The lowest BCUT2D eigenvalue weighted by Crippen LogP contribution is -2.52. The summed E-state index contributed by atoms with van der Waals surface area (Å²) < 4.78 is 12.2. The van der Waals surface area contributed by atoms with E-state index in [9.17, 15) is 5.11 Å². The van der Waals surface area contributed by atoms with Crippen molar-refractivity contribution in [1.29, 1.82) is 0 Å². The zero-order chi connectivity index (χ0) is 23.3. The van der Waals surface area contributed by atoms with E-state index in [4.69, 9.17) is 9.47 Å². The van der Waals surface area contributed by atoms with Gasteiger partial charge in [0.05, 0.1) is 12.7 Å². The first-order valence-corrected chi connectivity index (χ1v) is 11.6. The Labute approximate surface area is 195 Å². The molecule has 1 aliphatic carbocycles. The van der Waals surface area contributed by atoms with Gasteiger partial charge in [-0.2, -0.15) is 0 Å². The van der Waals surface area contributed by atoms with Gasteiger partial charge in [0, 0.05) is 23.1 Å². The van der Waals surface area contributed by atoms with Crippen molar-refractivity contribution in [1.82, 2.24) is 5.32 Å². The van der Waals surface area contributed by atoms with Crippen LogP contribution in [0.4, 0.5) is 0 Å². The number of benzene rings is 2. The molecular weight excluding hydrogens is 410 g/mol. The summed E-state index contributed by atoms with van der Waals surface area (Å²) in [6, 6.07) is 12.2. The van der Waals surface area contributed by atoms with Gasteiger partial charge < -0.3 is 19.9 Å². The molecule has 33 heavy (non-hydrogen) atoms. The Morgan fingerprint density at radius 2 is 1.91 bits per heavy atom. The normalized spacial score (nSPS) is 23.9. The molecule has 0 spiro atoms. The van der Waals surface area contributed by atoms with Crippen LogP contribution in [0.3, 0.4) is 0 Å². The fourth-order valence-corrected chi connectivity index (χ4v) is 5.41. The van der Waals surface area contributed by atoms with E-state index in [-0.39, 0.29) is 23.2 Å². The molecule has 2 heterocycles. The number of aryl methyl sites for hydroxylation is 1. The molecule has 0 bridgehead atoms. The van der Waals surface area contributed by atoms with E-state index in [1.807, 2.05) is 6.07 Å². The minimum absolute atomic E-state index is 0.0864. The summed E-state index contributed by atoms with van der Waals surface area (Å²) >= 11 is 0. The first kappa shape index (κ1) is 21.6. The van der Waals surface area contributed by atoms with E-state index >= 15 is 0 Å². The van der Waals surface area contributed by atoms with Gasteiger partial charge in [-0.25, -0.2) is 0 Å². The highest BCUT2D eigenvalue weighted by molar-refractivity contribution is 5.91. The number of methoxy groups -OCH3 is 1. The van der Waals surface area contributed by atoms with E-state index in [1.165, 1.54) is 11.1 Å². The highest BCUT2D eigenvalue weighted by Gasteiger charge is 2.41. The number of nitrogens with one attached hydrogen (secondary N) is 1. The van der Waals surface area contributed by atoms with Gasteiger partial charge in [-0.3, -0.25) is 0 Å². The Morgan fingerprint density at radius 3 is 2.61 bits per heavy atom. The van der Waals surface area contributed by atoms with Crippen molar-refractivity contribution in [3.63, 3.8) is 0 Å². The average molecular weight is 442 g/mol. The Balaban J connectivity index is 1.74. The fraction of sp³-hybridized carbons (Fsp3) is 0.310. The maximum Gasteiger partial charge on any atom is 0.172 e. The summed E-state index contributed by atoms with van der Waals surface area (Å²) in [5.74, 6) is 2.20. The molecule has 4 heteroatoms. The van der Waals surface area contributed by atoms with Gasteiger partial charge >= 0.3 is 0 Å². The third kappa shape index (κ3) is 3.68. The molecule has 5 rings (SSSR count). The predicted octanol–water partition coefficient (Wildman–Crippen LogP) is 6.03. The molecule has 0 amide bonds. The molecule has 0 radical (unpaired) electrons. The van der Waals surface area contributed by atoms with E-state index in [1.54, 1.807) is 13.2 Å². The van der Waals surface area contributed by atoms with Gasteiger partial charge in [0.1, 0.15) is 11.5 Å². The molecule has 2 aromatic carbocycles. The van der Waals surface area contributed by atoms with Gasteiger partial charge in [0.15, 0.2) is 11.5 Å². The van der Waals surface area contributed by atoms with Crippen LogP contribution in [-0.2, 0) is 6.42 Å². The number of fused-ring (bicyclic) bond motifs is 4. The molecule has 170 valence electrons. The molecular formula is C29H31NO3. The van der Waals surface area contributed by atoms with Gasteiger partial charge in [0.25, 0.3) is 0 Å². The molecule has 0 fully saturated rings. The Hall–Kier alpha value is -3.24. The fourth-order valence-electron chi connectivity index (χ4n) is 5.41. The van der Waals surface area contributed by atoms with E-state index in [2.05, 4.69) is 81.6 Å². The van der Waals surface area contributed by atoms with Gasteiger partial charge in [0.2, 0.25) is 0 Å². The predicted molar refractivity (Wildman–Crippen MR) is 133 cm³/mol. The van der Waals surface area contributed by atoms with E-state index < -0.39 is 0 Å². The lowest BCUT2D eigenvalue weighted by molar-refractivity contribution is 0.337. The third-order valence-electron chi connectivity index (χ3n) is 6.79. The molecule has 2 aromatic rings. The highest BCUT2D eigenvalue weighted by Crippen LogP contribution is 2.52. The van der Waals surface area contributed by atoms with Gasteiger partial charge in [-0.1, -0.05) is 55.0 Å². The molecule has 2 atom stereocenters. The van der Waals surface area contributed by atoms with Crippen molar-refractivity contribution in [2.45, 2.75) is 45.7 Å². The maximum atomic E-state index is 10.5. The summed E-state index contributed by atoms with van der Waals surface area (Å²) in [5, 5.41) is 14.3. The molecule has 2 N–H and O–H groups in total. The summed E-state index contributed by atoms with van der Waals surface area (Å²) in [6.45, 7) is 8.76. The number of phenols is 1. The quantitative estimate of drug-likeness (QED) is 0.571. The van der Waals surface area contributed by atoms with Crippen molar-refractivity contribution >= 4 is 11.6 Å². The van der Waals surface area contributed by atoms with Crippen molar-refractivity contribution in [3.8, 4) is 17.2 Å². The number of aromatic hydroxyl groups is 1. The molecule has 0 aromatic heterocycles. The van der Waals surface area contributed by atoms with E-state index in [0.717, 1.165) is 34.5 Å². The number of allylic oxidation sites excluding steroid dienone is 3. The highest BCUT2D eigenvalue weighted by atomic mass is 16.5. The molecule has 0 saturated heterocycles. The molecule has 2 aliphatic heterocycles. The van der Waals surface area contributed by atoms with Crippen LogP contribution >= 0.6 is 0 Å². The molecule has 0 saturated carbocycles. The van der Waals surface area contributed by atoms with Crippen molar-refractivity contribution in [2.75, 3.05) is 7.11 Å². The monoisotopic (exact) mass is 441 g/mol. The van der Waals surface area contributed by atoms with Crippen LogP contribution in [0.2, 0.25) is 0 Å². The summed E-state index contributed by atoms with van der Waals surface area (Å²) in [7, 11) is 1.58. The number of hydrogen-bond donors (Lipinski definition) is 2. The Bertz CT molecular complexity index is 1230. The SMILES string of the molecule is CCc1ccc(/C=C2\Oc3ccc(O)c(OC)c3C3=C2C2C(C)=CC(C)(C)NC2C=C3)cc1. The van der Waals surface area contributed by atoms with Crippen molar-refractivity contribution in [2.24, 2.45) is 5.92 Å². The molecule has 4 nitrogen and oxygen atoms in total. The van der Waals surface area contributed by atoms with E-state index in [0.29, 0.717) is 11.5 Å². The average Bonchev–Trinajstić information content (AvgIpc) is 2.78. The van der Waals surface area contributed by atoms with Crippen LogP contribution < -0.4 is 14.8 Å². The largest absolute Gasteiger partial charge is 0.504 e. The maximum absolute atomic E-state index is 10.5. The molecule has 2 unspecified atom stereocenters. The van der Waals surface area contributed by atoms with Crippen molar-refractivity contribution in [3.05, 3.63) is 88.2 Å². The second-order valence-electron chi connectivity index (χ2n) is 9.64. The van der Waals surface area contributed by atoms with Crippen LogP contribution in [0, 0.1) is 5.92 Å². The molecule has 3 aliphatic rings. The minimum Gasteiger partial charge on any atom is -0.504 e. The number of hydrogen-bond acceptors (Lipinski definition) is 4. The number of ether oxygens (including phenoxy) is 2.